The highest BCUT2D eigenvalue weighted by atomic mass is 16.5. The molecule has 4 aromatic rings. The van der Waals surface area contributed by atoms with Crippen molar-refractivity contribution in [1.29, 1.82) is 0 Å². The second-order valence-electron chi connectivity index (χ2n) is 7.10. The number of ether oxygens (including phenoxy) is 1. The fourth-order valence-electron chi connectivity index (χ4n) is 2.63. The second-order valence-corrected chi connectivity index (χ2v) is 7.10. The van der Waals surface area contributed by atoms with Crippen LogP contribution in [0.1, 0.15) is 41.4 Å². The first-order chi connectivity index (χ1) is 17.7. The third-order valence-corrected chi connectivity index (χ3v) is 4.48. The van der Waals surface area contributed by atoms with Crippen molar-refractivity contribution in [3.8, 4) is 11.5 Å². The fourth-order valence-corrected chi connectivity index (χ4v) is 2.63. The standard InChI is InChI=1S/C14H10O5.2C7H6O2/c15-13(16)9-1-5-11(6-2-9)19-12-7-3-10(4-8-12)14(17)18;2*8-7(9)6-4-2-1-3-5-6/h1-8H,(H,15,16)(H,17,18);2*1-5H,(H,8,9). The molecule has 0 amide bonds. The van der Waals surface area contributed by atoms with Crippen LogP contribution in [0.25, 0.3) is 0 Å². The molecule has 0 fully saturated rings. The number of aromatic carboxylic acids is 4. The van der Waals surface area contributed by atoms with Crippen LogP contribution in [-0.4, -0.2) is 44.3 Å². The van der Waals surface area contributed by atoms with Crippen LogP contribution < -0.4 is 4.74 Å². The number of carboxylic acids is 4. The number of benzene rings is 4. The maximum atomic E-state index is 10.7. The van der Waals surface area contributed by atoms with Crippen LogP contribution in [0.5, 0.6) is 11.5 Å². The molecular formula is C28H22O9. The van der Waals surface area contributed by atoms with Crippen LogP contribution in [0.2, 0.25) is 0 Å². The number of hydrogen-bond donors (Lipinski definition) is 4. The Labute approximate surface area is 211 Å². The van der Waals surface area contributed by atoms with Crippen molar-refractivity contribution < 1.29 is 44.3 Å². The Morgan fingerprint density at radius 3 is 0.838 bits per heavy atom. The van der Waals surface area contributed by atoms with Crippen LogP contribution in [0.15, 0.2) is 109 Å². The van der Waals surface area contributed by atoms with Gasteiger partial charge in [-0.25, -0.2) is 19.2 Å². The minimum absolute atomic E-state index is 0.175. The molecule has 0 saturated heterocycles. The number of hydrogen-bond acceptors (Lipinski definition) is 5. The summed E-state index contributed by atoms with van der Waals surface area (Å²) in [7, 11) is 0. The smallest absolute Gasteiger partial charge is 0.335 e. The quantitative estimate of drug-likeness (QED) is 0.261. The fraction of sp³-hybridized carbons (Fsp3) is 0. The van der Waals surface area contributed by atoms with Gasteiger partial charge >= 0.3 is 23.9 Å². The minimum atomic E-state index is -1.00. The Morgan fingerprint density at radius 2 is 0.622 bits per heavy atom. The maximum absolute atomic E-state index is 10.7. The number of carboxylic acid groups (broad SMARTS) is 4. The van der Waals surface area contributed by atoms with Gasteiger partial charge < -0.3 is 25.2 Å². The van der Waals surface area contributed by atoms with Crippen LogP contribution in [0.4, 0.5) is 0 Å². The van der Waals surface area contributed by atoms with Crippen molar-refractivity contribution in [1.82, 2.24) is 0 Å². The van der Waals surface area contributed by atoms with Gasteiger partial charge in [-0.1, -0.05) is 36.4 Å². The molecule has 0 heterocycles. The molecule has 0 saturated carbocycles. The third-order valence-electron chi connectivity index (χ3n) is 4.48. The van der Waals surface area contributed by atoms with E-state index >= 15 is 0 Å². The highest BCUT2D eigenvalue weighted by Gasteiger charge is 2.05. The van der Waals surface area contributed by atoms with E-state index in [0.29, 0.717) is 22.6 Å². The highest BCUT2D eigenvalue weighted by Crippen LogP contribution is 2.22. The molecule has 0 bridgehead atoms. The van der Waals surface area contributed by atoms with E-state index in [1.807, 2.05) is 0 Å². The van der Waals surface area contributed by atoms with Crippen LogP contribution >= 0.6 is 0 Å². The van der Waals surface area contributed by atoms with Gasteiger partial charge in [0.25, 0.3) is 0 Å². The lowest BCUT2D eigenvalue weighted by molar-refractivity contribution is 0.0686. The lowest BCUT2D eigenvalue weighted by Crippen LogP contribution is -1.96. The average Bonchev–Trinajstić information content (AvgIpc) is 2.91. The summed E-state index contributed by atoms with van der Waals surface area (Å²) in [5, 5.41) is 34.3. The number of rotatable bonds is 6. The van der Waals surface area contributed by atoms with Crippen LogP contribution in [0, 0.1) is 0 Å². The predicted octanol–water partition coefficient (Wildman–Crippen LogP) is 5.64. The molecule has 0 spiro atoms. The van der Waals surface area contributed by atoms with E-state index in [2.05, 4.69) is 0 Å². The summed E-state index contributed by atoms with van der Waals surface area (Å²) < 4.78 is 5.46. The zero-order valence-corrected chi connectivity index (χ0v) is 19.2. The Balaban J connectivity index is 0.000000222. The van der Waals surface area contributed by atoms with Crippen molar-refractivity contribution >= 4 is 23.9 Å². The van der Waals surface area contributed by atoms with Gasteiger partial charge in [0.2, 0.25) is 0 Å². The summed E-state index contributed by atoms with van der Waals surface area (Å²) >= 11 is 0. The minimum Gasteiger partial charge on any atom is -0.478 e. The van der Waals surface area contributed by atoms with Crippen molar-refractivity contribution in [3.05, 3.63) is 131 Å². The monoisotopic (exact) mass is 502 g/mol. The van der Waals surface area contributed by atoms with Crippen LogP contribution in [-0.2, 0) is 0 Å². The molecule has 4 N–H and O–H groups in total. The molecule has 4 aromatic carbocycles. The molecule has 9 nitrogen and oxygen atoms in total. The molecule has 0 atom stereocenters. The summed E-state index contributed by atoms with van der Waals surface area (Å²) in [5.41, 5.74) is 1.01. The molecule has 4 rings (SSSR count). The van der Waals surface area contributed by atoms with Crippen molar-refractivity contribution in [2.24, 2.45) is 0 Å². The van der Waals surface area contributed by atoms with E-state index in [1.165, 1.54) is 48.5 Å². The van der Waals surface area contributed by atoms with Crippen molar-refractivity contribution in [2.45, 2.75) is 0 Å². The molecule has 37 heavy (non-hydrogen) atoms. The molecule has 188 valence electrons. The first-order valence-corrected chi connectivity index (χ1v) is 10.6. The van der Waals surface area contributed by atoms with E-state index in [4.69, 9.17) is 25.2 Å². The van der Waals surface area contributed by atoms with Crippen LogP contribution in [0.3, 0.4) is 0 Å². The second kappa shape index (κ2) is 14.1. The van der Waals surface area contributed by atoms with Gasteiger partial charge in [0.1, 0.15) is 11.5 Å². The molecule has 0 radical (unpaired) electrons. The lowest BCUT2D eigenvalue weighted by Gasteiger charge is -2.06. The summed E-state index contributed by atoms with van der Waals surface area (Å²) in [6.07, 6.45) is 0. The largest absolute Gasteiger partial charge is 0.478 e. The van der Waals surface area contributed by atoms with E-state index in [9.17, 15) is 19.2 Å². The van der Waals surface area contributed by atoms with Gasteiger partial charge in [-0.3, -0.25) is 0 Å². The normalized spacial score (nSPS) is 9.41. The molecule has 0 aliphatic heterocycles. The van der Waals surface area contributed by atoms with E-state index in [1.54, 1.807) is 60.7 Å². The van der Waals surface area contributed by atoms with Gasteiger partial charge in [0.15, 0.2) is 0 Å². The summed E-state index contributed by atoms with van der Waals surface area (Å²) in [4.78, 5) is 41.8. The summed E-state index contributed by atoms with van der Waals surface area (Å²) in [6, 6.07) is 28.5. The SMILES string of the molecule is O=C(O)c1ccc(Oc2ccc(C(=O)O)cc2)cc1.O=C(O)c1ccccc1.O=C(O)c1ccccc1. The van der Waals surface area contributed by atoms with Crippen molar-refractivity contribution in [3.63, 3.8) is 0 Å². The molecule has 0 aliphatic carbocycles. The zero-order chi connectivity index (χ0) is 27.2. The summed E-state index contributed by atoms with van der Waals surface area (Å²) in [5.74, 6) is -2.80. The Bertz CT molecular complexity index is 1210. The topological polar surface area (TPSA) is 158 Å². The molecule has 9 heteroatoms. The first-order valence-electron chi connectivity index (χ1n) is 10.6. The molecule has 0 aromatic heterocycles. The van der Waals surface area contributed by atoms with Gasteiger partial charge in [-0.05, 0) is 72.8 Å². The van der Waals surface area contributed by atoms with Gasteiger partial charge in [0, 0.05) is 0 Å². The zero-order valence-electron chi connectivity index (χ0n) is 19.2. The average molecular weight is 502 g/mol. The molecular weight excluding hydrogens is 480 g/mol. The van der Waals surface area contributed by atoms with Gasteiger partial charge in [-0.2, -0.15) is 0 Å². The van der Waals surface area contributed by atoms with E-state index in [-0.39, 0.29) is 11.1 Å². The van der Waals surface area contributed by atoms with E-state index in [0.717, 1.165) is 0 Å². The Kier molecular flexibility index (Phi) is 10.6. The lowest BCUT2D eigenvalue weighted by atomic mass is 10.2. The third kappa shape index (κ3) is 9.75. The van der Waals surface area contributed by atoms with Gasteiger partial charge in [0.05, 0.1) is 22.3 Å². The predicted molar refractivity (Wildman–Crippen MR) is 134 cm³/mol. The summed E-state index contributed by atoms with van der Waals surface area (Å²) in [6.45, 7) is 0. The molecule has 0 aliphatic rings. The Hall–Kier alpha value is -5.44. The Morgan fingerprint density at radius 1 is 0.378 bits per heavy atom. The molecule has 0 unspecified atom stereocenters. The first kappa shape index (κ1) is 27.8. The maximum Gasteiger partial charge on any atom is 0.335 e. The number of carbonyl (C=O) groups is 4. The highest BCUT2D eigenvalue weighted by molar-refractivity contribution is 5.88. The van der Waals surface area contributed by atoms with Gasteiger partial charge in [-0.15, -0.1) is 0 Å². The van der Waals surface area contributed by atoms with E-state index < -0.39 is 23.9 Å². The van der Waals surface area contributed by atoms with Crippen molar-refractivity contribution in [2.75, 3.05) is 0 Å².